The van der Waals surface area contributed by atoms with E-state index in [4.69, 9.17) is 0 Å². The third kappa shape index (κ3) is 7.28. The summed E-state index contributed by atoms with van der Waals surface area (Å²) in [5, 5.41) is 0. The lowest BCUT2D eigenvalue weighted by atomic mass is 10.1. The topological polar surface area (TPSA) is 55.4 Å². The molecule has 0 aromatic heterocycles. The number of rotatable bonds is 8. The zero-order valence-corrected chi connectivity index (χ0v) is 12.0. The smallest absolute Gasteiger partial charge is 0.387 e. The predicted molar refractivity (Wildman–Crippen MR) is 69.2 cm³/mol. The van der Waals surface area contributed by atoms with Gasteiger partial charge < -0.3 is 4.74 Å². The fourth-order valence-corrected chi connectivity index (χ4v) is 2.83. The van der Waals surface area contributed by atoms with Gasteiger partial charge in [-0.15, -0.1) is 0 Å². The van der Waals surface area contributed by atoms with Crippen molar-refractivity contribution in [3.63, 3.8) is 0 Å². The fraction of sp³-hybridized carbons (Fsp3) is 0.500. The predicted octanol–water partition coefficient (Wildman–Crippen LogP) is 2.41. The highest BCUT2D eigenvalue weighted by Crippen LogP contribution is 2.20. The zero-order valence-electron chi connectivity index (χ0n) is 11.2. The van der Waals surface area contributed by atoms with Crippen LogP contribution in [0.5, 0.6) is 5.75 Å². The van der Waals surface area contributed by atoms with Crippen LogP contribution in [0.2, 0.25) is 0 Å². The van der Waals surface area contributed by atoms with Crippen LogP contribution in [-0.4, -0.2) is 33.2 Å². The Morgan fingerprint density at radius 2 is 1.90 bits per heavy atom. The molecule has 0 amide bonds. The molecule has 0 radical (unpaired) electrons. The third-order valence-electron chi connectivity index (χ3n) is 2.35. The van der Waals surface area contributed by atoms with Gasteiger partial charge in [-0.1, -0.05) is 18.2 Å². The van der Waals surface area contributed by atoms with Gasteiger partial charge in [0, 0.05) is 13.5 Å². The second-order valence-corrected chi connectivity index (χ2v) is 6.27. The molecule has 1 N–H and O–H groups in total. The maximum atomic E-state index is 12.7. The quantitative estimate of drug-likeness (QED) is 0.745. The molecule has 0 saturated heterocycles. The number of benzene rings is 1. The average molecular weight is 329 g/mol. The number of ether oxygens (including phenoxy) is 1. The highest BCUT2D eigenvalue weighted by molar-refractivity contribution is 7.89. The molecule has 0 unspecified atom stereocenters. The summed E-state index contributed by atoms with van der Waals surface area (Å²) in [5.74, 6) is -4.75. The highest BCUT2D eigenvalue weighted by atomic mass is 32.2. The summed E-state index contributed by atoms with van der Waals surface area (Å²) in [6, 6.07) is 5.86. The van der Waals surface area contributed by atoms with Crippen molar-refractivity contribution in [3.8, 4) is 5.75 Å². The number of hydrogen-bond acceptors (Lipinski definition) is 3. The molecular weight excluding hydrogens is 314 g/mol. The third-order valence-corrected chi connectivity index (χ3v) is 3.88. The molecule has 4 nitrogen and oxygen atoms in total. The largest absolute Gasteiger partial charge is 0.435 e. The SMILES string of the molecule is CC(F)(F)CS(=O)(=O)NCCc1ccccc1OC(F)F. The van der Waals surface area contributed by atoms with Gasteiger partial charge in [-0.3, -0.25) is 0 Å². The minimum absolute atomic E-state index is 0.0391. The maximum absolute atomic E-state index is 12.7. The monoisotopic (exact) mass is 329 g/mol. The molecule has 9 heteroatoms. The van der Waals surface area contributed by atoms with E-state index in [9.17, 15) is 26.0 Å². The average Bonchev–Trinajstić information content (AvgIpc) is 2.27. The Bertz CT molecular complexity index is 558. The second kappa shape index (κ2) is 7.08. The molecular formula is C12H15F4NO3S. The molecule has 1 rings (SSSR count). The van der Waals surface area contributed by atoms with Crippen molar-refractivity contribution in [2.24, 2.45) is 0 Å². The number of alkyl halides is 4. The van der Waals surface area contributed by atoms with Crippen molar-refractivity contribution in [1.29, 1.82) is 0 Å². The van der Waals surface area contributed by atoms with E-state index in [1.165, 1.54) is 18.2 Å². The minimum atomic E-state index is -4.13. The lowest BCUT2D eigenvalue weighted by molar-refractivity contribution is -0.0504. The first-order valence-electron chi connectivity index (χ1n) is 5.97. The lowest BCUT2D eigenvalue weighted by Gasteiger charge is -2.13. The highest BCUT2D eigenvalue weighted by Gasteiger charge is 2.29. The van der Waals surface area contributed by atoms with Crippen LogP contribution in [0, 0.1) is 0 Å². The van der Waals surface area contributed by atoms with Gasteiger partial charge in [0.25, 0.3) is 5.92 Å². The van der Waals surface area contributed by atoms with E-state index in [0.29, 0.717) is 12.5 Å². The Labute approximate surface area is 120 Å². The van der Waals surface area contributed by atoms with Crippen molar-refractivity contribution < 1.29 is 30.7 Å². The van der Waals surface area contributed by atoms with E-state index in [0.717, 1.165) is 0 Å². The maximum Gasteiger partial charge on any atom is 0.387 e. The second-order valence-electron chi connectivity index (χ2n) is 4.46. The molecule has 0 bridgehead atoms. The van der Waals surface area contributed by atoms with Gasteiger partial charge >= 0.3 is 6.61 Å². The number of sulfonamides is 1. The standard InChI is InChI=1S/C12H15F4NO3S/c1-12(15,16)8-21(18,19)17-7-6-9-4-2-3-5-10(9)20-11(13)14/h2-5,11,17H,6-8H2,1H3. The molecule has 0 atom stereocenters. The van der Waals surface area contributed by atoms with Crippen LogP contribution in [0.15, 0.2) is 24.3 Å². The first-order chi connectivity index (χ1) is 9.59. The van der Waals surface area contributed by atoms with Crippen LogP contribution in [0.25, 0.3) is 0 Å². The van der Waals surface area contributed by atoms with Gasteiger partial charge in [0.1, 0.15) is 11.5 Å². The van der Waals surface area contributed by atoms with Crippen LogP contribution in [-0.2, 0) is 16.4 Å². The molecule has 0 aliphatic heterocycles. The molecule has 120 valence electrons. The van der Waals surface area contributed by atoms with E-state index in [1.54, 1.807) is 6.07 Å². The van der Waals surface area contributed by atoms with Crippen molar-refractivity contribution in [1.82, 2.24) is 4.72 Å². The Morgan fingerprint density at radius 1 is 1.29 bits per heavy atom. The fourth-order valence-electron chi connectivity index (χ4n) is 1.65. The molecule has 1 aromatic rings. The Morgan fingerprint density at radius 3 is 2.48 bits per heavy atom. The molecule has 0 aliphatic carbocycles. The molecule has 0 saturated carbocycles. The molecule has 0 fully saturated rings. The van der Waals surface area contributed by atoms with Gasteiger partial charge in [0.05, 0.1) is 0 Å². The molecule has 0 spiro atoms. The van der Waals surface area contributed by atoms with Crippen molar-refractivity contribution in [2.75, 3.05) is 12.3 Å². The lowest BCUT2D eigenvalue weighted by Crippen LogP contribution is -2.35. The summed E-state index contributed by atoms with van der Waals surface area (Å²) < 4.78 is 78.7. The summed E-state index contributed by atoms with van der Waals surface area (Å²) in [7, 11) is -4.13. The van der Waals surface area contributed by atoms with Crippen molar-refractivity contribution in [2.45, 2.75) is 25.9 Å². The number of hydrogen-bond donors (Lipinski definition) is 1. The summed E-state index contributed by atoms with van der Waals surface area (Å²) >= 11 is 0. The van der Waals surface area contributed by atoms with Crippen molar-refractivity contribution in [3.05, 3.63) is 29.8 Å². The Balaban J connectivity index is 2.60. The Hall–Kier alpha value is -1.35. The minimum Gasteiger partial charge on any atom is -0.435 e. The summed E-state index contributed by atoms with van der Waals surface area (Å²) in [6.07, 6.45) is 0.0391. The van der Waals surface area contributed by atoms with Gasteiger partial charge in [-0.05, 0) is 18.1 Å². The first-order valence-corrected chi connectivity index (χ1v) is 7.62. The van der Waals surface area contributed by atoms with Gasteiger partial charge in [-0.25, -0.2) is 21.9 Å². The van der Waals surface area contributed by atoms with E-state index >= 15 is 0 Å². The van der Waals surface area contributed by atoms with E-state index < -0.39 is 28.3 Å². The molecule has 0 aliphatic rings. The molecule has 21 heavy (non-hydrogen) atoms. The number of para-hydroxylation sites is 1. The zero-order chi connectivity index (χ0) is 16.1. The normalized spacial score (nSPS) is 12.7. The van der Waals surface area contributed by atoms with E-state index in [-0.39, 0.29) is 18.7 Å². The van der Waals surface area contributed by atoms with Crippen LogP contribution in [0.1, 0.15) is 12.5 Å². The van der Waals surface area contributed by atoms with Gasteiger partial charge in [0.2, 0.25) is 10.0 Å². The van der Waals surface area contributed by atoms with Crippen LogP contribution >= 0.6 is 0 Å². The van der Waals surface area contributed by atoms with Crippen LogP contribution in [0.4, 0.5) is 17.6 Å². The van der Waals surface area contributed by atoms with E-state index in [1.807, 2.05) is 4.72 Å². The van der Waals surface area contributed by atoms with Gasteiger partial charge in [-0.2, -0.15) is 8.78 Å². The number of halogens is 4. The number of nitrogens with one attached hydrogen (secondary N) is 1. The molecule has 0 heterocycles. The van der Waals surface area contributed by atoms with Crippen LogP contribution in [0.3, 0.4) is 0 Å². The molecule has 1 aromatic carbocycles. The van der Waals surface area contributed by atoms with Gasteiger partial charge in [0.15, 0.2) is 0 Å². The first kappa shape index (κ1) is 17.7. The van der Waals surface area contributed by atoms with Crippen molar-refractivity contribution >= 4 is 10.0 Å². The summed E-state index contributed by atoms with van der Waals surface area (Å²) in [6.45, 7) is -2.69. The summed E-state index contributed by atoms with van der Waals surface area (Å²) in [4.78, 5) is 0. The van der Waals surface area contributed by atoms with Crippen LogP contribution < -0.4 is 9.46 Å². The Kier molecular flexibility index (Phi) is 5.97. The summed E-state index contributed by atoms with van der Waals surface area (Å²) in [5.41, 5.74) is 0.351. The van der Waals surface area contributed by atoms with E-state index in [2.05, 4.69) is 4.74 Å².